The Balaban J connectivity index is 0.913. The first kappa shape index (κ1) is 39.9. The molecule has 0 radical (unpaired) electrons. The minimum Gasteiger partial charge on any atom is -0.456 e. The van der Waals surface area contributed by atoms with Gasteiger partial charge in [-0.2, -0.15) is 0 Å². The maximum absolute atomic E-state index is 6.97. The third-order valence-corrected chi connectivity index (χ3v) is 21.7. The highest BCUT2D eigenvalue weighted by Gasteiger charge is 2.49. The van der Waals surface area contributed by atoms with Crippen LogP contribution in [0.25, 0.3) is 55.3 Å². The number of rotatable bonds is 7. The van der Waals surface area contributed by atoms with E-state index in [1.54, 1.807) is 0 Å². The molecule has 8 aromatic carbocycles. The highest BCUT2D eigenvalue weighted by atomic mass is 28.3. The van der Waals surface area contributed by atoms with Crippen LogP contribution in [-0.2, 0) is 10.8 Å². The van der Waals surface area contributed by atoms with Gasteiger partial charge in [0.05, 0.1) is 0 Å². The second-order valence-corrected chi connectivity index (χ2v) is 25.2. The third-order valence-electron chi connectivity index (χ3n) is 16.8. The molecule has 0 spiro atoms. The summed E-state index contributed by atoms with van der Waals surface area (Å²) in [5.74, 6) is 1.53. The van der Waals surface area contributed by atoms with E-state index < -0.39 is 8.07 Å². The van der Waals surface area contributed by atoms with Crippen LogP contribution >= 0.6 is 0 Å². The van der Waals surface area contributed by atoms with E-state index >= 15 is 0 Å². The van der Waals surface area contributed by atoms with Crippen LogP contribution in [0.3, 0.4) is 0 Å². The first-order valence-corrected chi connectivity index (χ1v) is 26.5. The predicted octanol–water partition coefficient (Wildman–Crippen LogP) is 14.0. The van der Waals surface area contributed by atoms with Gasteiger partial charge >= 0.3 is 0 Å². The zero-order valence-electron chi connectivity index (χ0n) is 38.7. The first-order chi connectivity index (χ1) is 32.2. The Kier molecular flexibility index (Phi) is 8.94. The summed E-state index contributed by atoms with van der Waals surface area (Å²) in [7, 11) is -2.60. The second-order valence-electron chi connectivity index (χ2n) is 21.4. The average molecular weight is 872 g/mol. The Morgan fingerprint density at radius 3 is 1.88 bits per heavy atom. The summed E-state index contributed by atoms with van der Waals surface area (Å²) < 4.78 is 6.97. The van der Waals surface area contributed by atoms with Crippen LogP contribution < -0.4 is 25.6 Å². The molecular formula is C63H57NOSi. The van der Waals surface area contributed by atoms with Gasteiger partial charge in [-0.3, -0.25) is 0 Å². The molecule has 1 aliphatic heterocycles. The van der Waals surface area contributed by atoms with Crippen LogP contribution in [0.1, 0.15) is 77.3 Å². The fourth-order valence-electron chi connectivity index (χ4n) is 13.6. The van der Waals surface area contributed by atoms with Crippen LogP contribution in [-0.4, -0.2) is 14.1 Å². The van der Waals surface area contributed by atoms with E-state index in [4.69, 9.17) is 4.42 Å². The van der Waals surface area contributed by atoms with Gasteiger partial charge in [0.15, 0.2) is 8.07 Å². The third kappa shape index (κ3) is 5.98. The van der Waals surface area contributed by atoms with Gasteiger partial charge in [-0.25, -0.2) is 0 Å². The number of nitrogens with zero attached hydrogens (tertiary/aromatic N) is 1. The van der Waals surface area contributed by atoms with Crippen LogP contribution in [0.5, 0.6) is 0 Å². The molecule has 3 aliphatic carbocycles. The molecule has 324 valence electrons. The summed E-state index contributed by atoms with van der Waals surface area (Å²) in [6.07, 6.45) is 7.72. The molecule has 3 unspecified atom stereocenters. The average Bonchev–Trinajstić information content (AvgIpc) is 4.14. The summed E-state index contributed by atoms with van der Waals surface area (Å²) in [6, 6.07) is 69.9. The van der Waals surface area contributed by atoms with Crippen molar-refractivity contribution in [2.24, 2.45) is 11.8 Å². The highest BCUT2D eigenvalue weighted by molar-refractivity contribution is 7.22. The normalized spacial score (nSPS) is 20.6. The Labute approximate surface area is 391 Å². The fourth-order valence-corrected chi connectivity index (χ4v) is 18.8. The van der Waals surface area contributed by atoms with E-state index in [0.717, 1.165) is 17.1 Å². The zero-order valence-corrected chi connectivity index (χ0v) is 39.7. The van der Waals surface area contributed by atoms with Crippen molar-refractivity contribution in [3.8, 4) is 33.4 Å². The summed E-state index contributed by atoms with van der Waals surface area (Å²) in [4.78, 5) is 2.70. The molecule has 9 aromatic rings. The predicted molar refractivity (Wildman–Crippen MR) is 280 cm³/mol. The lowest BCUT2D eigenvalue weighted by Gasteiger charge is -2.43. The van der Waals surface area contributed by atoms with E-state index in [-0.39, 0.29) is 10.8 Å². The van der Waals surface area contributed by atoms with Crippen molar-refractivity contribution in [3.63, 3.8) is 0 Å². The van der Waals surface area contributed by atoms with Crippen molar-refractivity contribution < 1.29 is 4.42 Å². The van der Waals surface area contributed by atoms with Gasteiger partial charge in [0, 0.05) is 34.3 Å². The molecule has 3 heteroatoms. The Morgan fingerprint density at radius 1 is 0.485 bits per heavy atom. The zero-order chi connectivity index (χ0) is 44.4. The molecule has 2 bridgehead atoms. The van der Waals surface area contributed by atoms with Gasteiger partial charge < -0.3 is 9.32 Å². The van der Waals surface area contributed by atoms with E-state index in [9.17, 15) is 0 Å². The lowest BCUT2D eigenvalue weighted by molar-refractivity contribution is 0.333. The molecule has 13 rings (SSSR count). The standard InChI is InChI=1S/C63H57NOSi/c1-62(2)33-34-63(3,4)61-50(22-14-23-55(61)62)44-15-13-16-46(37-44)64(56-36-41-25-26-45(56)35-41)47-29-32-52-51-30-27-42(38-57(51)65-58(52)40-47)43-28-31-54-53-21-11-12-24-59(53)66(60(54)39-43,48-17-7-5-8-18-48)49-19-9-6-10-20-49/h5-24,27-32,37-41,45,56H,25-26,33-36H2,1-4H3. The molecule has 66 heavy (non-hydrogen) atoms. The van der Waals surface area contributed by atoms with Crippen molar-refractivity contribution in [2.45, 2.75) is 83.1 Å². The van der Waals surface area contributed by atoms with Crippen LogP contribution in [0, 0.1) is 11.8 Å². The van der Waals surface area contributed by atoms with Crippen molar-refractivity contribution in [1.29, 1.82) is 0 Å². The van der Waals surface area contributed by atoms with Gasteiger partial charge in [-0.05, 0) is 156 Å². The fraction of sp³-hybridized carbons (Fsp3) is 0.238. The second kappa shape index (κ2) is 14.8. The minimum atomic E-state index is -2.60. The molecule has 0 N–H and O–H groups in total. The van der Waals surface area contributed by atoms with E-state index in [0.29, 0.717) is 12.0 Å². The number of hydrogen-bond acceptors (Lipinski definition) is 2. The topological polar surface area (TPSA) is 16.4 Å². The molecular weight excluding hydrogens is 815 g/mol. The molecule has 0 amide bonds. The number of hydrogen-bond donors (Lipinski definition) is 0. The summed E-state index contributed by atoms with van der Waals surface area (Å²) >= 11 is 0. The van der Waals surface area contributed by atoms with E-state index in [1.807, 2.05) is 0 Å². The van der Waals surface area contributed by atoms with Gasteiger partial charge in [0.25, 0.3) is 0 Å². The van der Waals surface area contributed by atoms with Crippen LogP contribution in [0.15, 0.2) is 186 Å². The number of benzene rings is 8. The van der Waals surface area contributed by atoms with Gasteiger partial charge in [0.1, 0.15) is 11.2 Å². The largest absolute Gasteiger partial charge is 0.456 e. The number of furan rings is 1. The smallest absolute Gasteiger partial charge is 0.180 e. The van der Waals surface area contributed by atoms with Gasteiger partial charge in [-0.1, -0.05) is 174 Å². The number of anilines is 2. The highest BCUT2D eigenvalue weighted by Crippen LogP contribution is 2.52. The lowest BCUT2D eigenvalue weighted by atomic mass is 9.61. The maximum Gasteiger partial charge on any atom is 0.180 e. The molecule has 2 saturated carbocycles. The van der Waals surface area contributed by atoms with E-state index in [1.165, 1.54) is 126 Å². The molecule has 2 nitrogen and oxygen atoms in total. The maximum atomic E-state index is 6.97. The van der Waals surface area contributed by atoms with Gasteiger partial charge in [0.2, 0.25) is 0 Å². The molecule has 2 fully saturated rings. The molecule has 0 saturated heterocycles. The van der Waals surface area contributed by atoms with E-state index in [2.05, 4.69) is 215 Å². The summed E-state index contributed by atoms with van der Waals surface area (Å²) in [5.41, 5.74) is 15.6. The monoisotopic (exact) mass is 871 g/mol. The van der Waals surface area contributed by atoms with Gasteiger partial charge in [-0.15, -0.1) is 0 Å². The van der Waals surface area contributed by atoms with Crippen LogP contribution in [0.2, 0.25) is 0 Å². The summed E-state index contributed by atoms with van der Waals surface area (Å²) in [5, 5.41) is 8.10. The summed E-state index contributed by atoms with van der Waals surface area (Å²) in [6.45, 7) is 9.78. The molecule has 3 atom stereocenters. The van der Waals surface area contributed by atoms with Crippen molar-refractivity contribution in [1.82, 2.24) is 0 Å². The Hall–Kier alpha value is -6.42. The van der Waals surface area contributed by atoms with Crippen molar-refractivity contribution in [3.05, 3.63) is 193 Å². The van der Waals surface area contributed by atoms with Crippen molar-refractivity contribution >= 4 is 62.1 Å². The lowest BCUT2D eigenvalue weighted by Crippen LogP contribution is -2.72. The Morgan fingerprint density at radius 2 is 1.12 bits per heavy atom. The van der Waals surface area contributed by atoms with Crippen LogP contribution in [0.4, 0.5) is 11.4 Å². The number of fused-ring (bicyclic) bond motifs is 9. The quantitative estimate of drug-likeness (QED) is 0.148. The Bertz CT molecular complexity index is 3320. The SMILES string of the molecule is CC1(C)CCC(C)(C)c2c(-c3cccc(N(c4ccc5c(c4)oc4cc(-c6ccc7c(c6)[Si](c6ccccc6)(c6ccccc6)c6ccccc6-7)ccc45)C4CC5CCC4C5)c3)cccc21. The molecule has 2 heterocycles. The molecule has 4 aliphatic rings. The minimum absolute atomic E-state index is 0.122. The van der Waals surface area contributed by atoms with Crippen molar-refractivity contribution in [2.75, 3.05) is 4.90 Å². The molecule has 1 aromatic heterocycles. The first-order valence-electron chi connectivity index (χ1n) is 24.5.